The van der Waals surface area contributed by atoms with Crippen molar-refractivity contribution in [2.24, 2.45) is 13.0 Å². The largest absolute Gasteiger partial charge is 0.368 e. The summed E-state index contributed by atoms with van der Waals surface area (Å²) in [6.07, 6.45) is 12.0. The van der Waals surface area contributed by atoms with Gasteiger partial charge < -0.3 is 9.88 Å². The van der Waals surface area contributed by atoms with Gasteiger partial charge in [0, 0.05) is 19.8 Å². The van der Waals surface area contributed by atoms with Gasteiger partial charge in [-0.1, -0.05) is 32.1 Å². The second-order valence-corrected chi connectivity index (χ2v) is 5.60. The van der Waals surface area contributed by atoms with Crippen LogP contribution in [-0.4, -0.2) is 21.1 Å². The van der Waals surface area contributed by atoms with E-state index in [1.54, 1.807) is 0 Å². The summed E-state index contributed by atoms with van der Waals surface area (Å²) in [6, 6.07) is 2.01. The Hall–Kier alpha value is -1.58. The number of imidazole rings is 1. The van der Waals surface area contributed by atoms with E-state index in [0.29, 0.717) is 0 Å². The summed E-state index contributed by atoms with van der Waals surface area (Å²) in [5.41, 5.74) is 2.11. The van der Waals surface area contributed by atoms with Gasteiger partial charge in [0.05, 0.1) is 11.8 Å². The van der Waals surface area contributed by atoms with E-state index in [-0.39, 0.29) is 0 Å². The maximum atomic E-state index is 4.42. The Balaban J connectivity index is 1.62. The Morgan fingerprint density at radius 3 is 2.95 bits per heavy atom. The first-order chi connectivity index (χ1) is 9.34. The van der Waals surface area contributed by atoms with E-state index in [1.807, 2.05) is 30.2 Å². The lowest BCUT2D eigenvalue weighted by Gasteiger charge is -2.21. The van der Waals surface area contributed by atoms with Crippen LogP contribution >= 0.6 is 0 Å². The third-order valence-electron chi connectivity index (χ3n) is 4.21. The number of pyridine rings is 1. The molecule has 0 aromatic carbocycles. The zero-order valence-electron chi connectivity index (χ0n) is 11.6. The molecule has 1 N–H and O–H groups in total. The average Bonchev–Trinajstić information content (AvgIpc) is 2.83. The van der Waals surface area contributed by atoms with E-state index >= 15 is 0 Å². The van der Waals surface area contributed by atoms with Gasteiger partial charge in [-0.05, 0) is 18.4 Å². The van der Waals surface area contributed by atoms with Crippen LogP contribution in [0.1, 0.15) is 38.5 Å². The summed E-state index contributed by atoms with van der Waals surface area (Å²) in [7, 11) is 2.02. The molecule has 1 aliphatic carbocycles. The standard InChI is InChI=1S/C15H22N4/c1-19-11-18-14-13(19)8-10-17-15(14)16-9-7-12-5-3-2-4-6-12/h8,10-12H,2-7,9H2,1H3,(H,16,17). The molecule has 4 nitrogen and oxygen atoms in total. The SMILES string of the molecule is Cn1cnc2c(NCCC3CCCCC3)nccc21. The minimum Gasteiger partial charge on any atom is -0.368 e. The molecule has 0 atom stereocenters. The second kappa shape index (κ2) is 5.59. The van der Waals surface area contributed by atoms with Gasteiger partial charge in [-0.15, -0.1) is 0 Å². The molecule has 0 unspecified atom stereocenters. The number of rotatable bonds is 4. The first-order valence-electron chi connectivity index (χ1n) is 7.34. The first-order valence-corrected chi connectivity index (χ1v) is 7.34. The van der Waals surface area contributed by atoms with Gasteiger partial charge in [0.1, 0.15) is 5.52 Å². The second-order valence-electron chi connectivity index (χ2n) is 5.60. The fourth-order valence-electron chi connectivity index (χ4n) is 3.06. The molecule has 4 heteroatoms. The van der Waals surface area contributed by atoms with Gasteiger partial charge in [0.15, 0.2) is 5.82 Å². The highest BCUT2D eigenvalue weighted by atomic mass is 15.1. The maximum Gasteiger partial charge on any atom is 0.154 e. The van der Waals surface area contributed by atoms with Crippen LogP contribution in [0.5, 0.6) is 0 Å². The zero-order valence-corrected chi connectivity index (χ0v) is 11.6. The third-order valence-corrected chi connectivity index (χ3v) is 4.21. The molecule has 0 spiro atoms. The number of hydrogen-bond donors (Lipinski definition) is 1. The summed E-state index contributed by atoms with van der Waals surface area (Å²) in [4.78, 5) is 8.84. The van der Waals surface area contributed by atoms with Gasteiger partial charge in [0.25, 0.3) is 0 Å². The van der Waals surface area contributed by atoms with E-state index in [4.69, 9.17) is 0 Å². The molecular formula is C15H22N4. The Kier molecular flexibility index (Phi) is 3.67. The molecule has 0 aliphatic heterocycles. The Bertz CT molecular complexity index is 540. The van der Waals surface area contributed by atoms with Crippen LogP contribution in [0.4, 0.5) is 5.82 Å². The Morgan fingerprint density at radius 1 is 1.26 bits per heavy atom. The monoisotopic (exact) mass is 258 g/mol. The number of nitrogens with one attached hydrogen (secondary N) is 1. The number of aryl methyl sites for hydroxylation is 1. The normalized spacial score (nSPS) is 16.9. The minimum absolute atomic E-state index is 0.907. The van der Waals surface area contributed by atoms with Gasteiger partial charge in [-0.2, -0.15) is 0 Å². The Morgan fingerprint density at radius 2 is 2.11 bits per heavy atom. The van der Waals surface area contributed by atoms with Crippen molar-refractivity contribution in [3.05, 3.63) is 18.6 Å². The predicted molar refractivity (Wildman–Crippen MR) is 78.2 cm³/mol. The van der Waals surface area contributed by atoms with Crippen molar-refractivity contribution in [1.29, 1.82) is 0 Å². The van der Waals surface area contributed by atoms with Crippen molar-refractivity contribution in [2.45, 2.75) is 38.5 Å². The van der Waals surface area contributed by atoms with E-state index in [2.05, 4.69) is 15.3 Å². The van der Waals surface area contributed by atoms with Crippen LogP contribution in [0, 0.1) is 5.92 Å². The minimum atomic E-state index is 0.907. The molecule has 1 saturated carbocycles. The Labute approximate surface area is 114 Å². The molecule has 19 heavy (non-hydrogen) atoms. The molecule has 0 amide bonds. The number of fused-ring (bicyclic) bond motifs is 1. The van der Waals surface area contributed by atoms with E-state index < -0.39 is 0 Å². The molecule has 1 aliphatic rings. The van der Waals surface area contributed by atoms with Gasteiger partial charge in [-0.25, -0.2) is 9.97 Å². The molecule has 0 bridgehead atoms. The quantitative estimate of drug-likeness (QED) is 0.914. The van der Waals surface area contributed by atoms with Crippen molar-refractivity contribution in [3.63, 3.8) is 0 Å². The molecule has 2 aromatic heterocycles. The highest BCUT2D eigenvalue weighted by molar-refractivity contribution is 5.85. The number of hydrogen-bond acceptors (Lipinski definition) is 3. The number of aromatic nitrogens is 3. The van der Waals surface area contributed by atoms with Gasteiger partial charge >= 0.3 is 0 Å². The topological polar surface area (TPSA) is 42.7 Å². The molecule has 0 radical (unpaired) electrons. The lowest BCUT2D eigenvalue weighted by Crippen LogP contribution is -2.12. The van der Waals surface area contributed by atoms with Gasteiger partial charge in [0.2, 0.25) is 0 Å². The zero-order chi connectivity index (χ0) is 13.1. The van der Waals surface area contributed by atoms with Crippen LogP contribution in [-0.2, 0) is 7.05 Å². The lowest BCUT2D eigenvalue weighted by molar-refractivity contribution is 0.345. The first kappa shape index (κ1) is 12.5. The predicted octanol–water partition coefficient (Wildman–Crippen LogP) is 3.35. The smallest absolute Gasteiger partial charge is 0.154 e. The lowest BCUT2D eigenvalue weighted by atomic mass is 9.87. The van der Waals surface area contributed by atoms with Crippen LogP contribution in [0.3, 0.4) is 0 Å². The molecule has 3 rings (SSSR count). The highest BCUT2D eigenvalue weighted by Crippen LogP contribution is 2.26. The molecule has 1 fully saturated rings. The molecule has 2 heterocycles. The fraction of sp³-hybridized carbons (Fsp3) is 0.600. The summed E-state index contributed by atoms with van der Waals surface area (Å²) >= 11 is 0. The molecule has 2 aromatic rings. The van der Waals surface area contributed by atoms with E-state index in [0.717, 1.165) is 29.3 Å². The van der Waals surface area contributed by atoms with E-state index in [9.17, 15) is 0 Å². The average molecular weight is 258 g/mol. The molecule has 102 valence electrons. The van der Waals surface area contributed by atoms with E-state index in [1.165, 1.54) is 38.5 Å². The number of nitrogens with zero attached hydrogens (tertiary/aromatic N) is 3. The van der Waals surface area contributed by atoms with Crippen molar-refractivity contribution < 1.29 is 0 Å². The fourth-order valence-corrected chi connectivity index (χ4v) is 3.06. The van der Waals surface area contributed by atoms with Crippen molar-refractivity contribution in [1.82, 2.24) is 14.5 Å². The van der Waals surface area contributed by atoms with Crippen LogP contribution < -0.4 is 5.32 Å². The summed E-state index contributed by atoms with van der Waals surface area (Å²) in [6.45, 7) is 1.01. The van der Waals surface area contributed by atoms with Crippen molar-refractivity contribution >= 4 is 16.9 Å². The third kappa shape index (κ3) is 2.72. The summed E-state index contributed by atoms with van der Waals surface area (Å²) < 4.78 is 2.03. The molecule has 0 saturated heterocycles. The number of anilines is 1. The maximum absolute atomic E-state index is 4.42. The molecular weight excluding hydrogens is 236 g/mol. The van der Waals surface area contributed by atoms with Crippen LogP contribution in [0.25, 0.3) is 11.0 Å². The van der Waals surface area contributed by atoms with Gasteiger partial charge in [-0.3, -0.25) is 0 Å². The summed E-state index contributed by atoms with van der Waals surface area (Å²) in [5, 5.41) is 3.46. The summed E-state index contributed by atoms with van der Waals surface area (Å²) in [5.74, 6) is 1.83. The van der Waals surface area contributed by atoms with Crippen LogP contribution in [0.15, 0.2) is 18.6 Å². The van der Waals surface area contributed by atoms with Crippen LogP contribution in [0.2, 0.25) is 0 Å². The van der Waals surface area contributed by atoms with Crippen molar-refractivity contribution in [3.8, 4) is 0 Å². The highest BCUT2D eigenvalue weighted by Gasteiger charge is 2.13. The van der Waals surface area contributed by atoms with Crippen molar-refractivity contribution in [2.75, 3.05) is 11.9 Å².